The van der Waals surface area contributed by atoms with Crippen LogP contribution in [-0.4, -0.2) is 19.5 Å². The molecule has 0 radical (unpaired) electrons. The third-order valence-electron chi connectivity index (χ3n) is 10.9. The van der Waals surface area contributed by atoms with Crippen LogP contribution >= 0.6 is 34.0 Å². The van der Waals surface area contributed by atoms with Gasteiger partial charge in [-0.25, -0.2) is 15.0 Å². The van der Waals surface area contributed by atoms with E-state index in [-0.39, 0.29) is 0 Å². The number of hydrogen-bond acceptors (Lipinski definition) is 6. The molecule has 12 aromatic rings. The van der Waals surface area contributed by atoms with Crippen molar-refractivity contribution in [2.75, 3.05) is 0 Å². The Labute approximate surface area is 345 Å². The van der Waals surface area contributed by atoms with E-state index < -0.39 is 0 Å². The number of thiazole rings is 3. The highest BCUT2D eigenvalue weighted by Crippen LogP contribution is 2.41. The average molecular weight is 795 g/mol. The molecule has 272 valence electrons. The second-order valence-corrected chi connectivity index (χ2v) is 17.6. The molecule has 0 aliphatic carbocycles. The van der Waals surface area contributed by atoms with Gasteiger partial charge in [0, 0.05) is 33.2 Å². The predicted molar refractivity (Wildman–Crippen MR) is 247 cm³/mol. The number of fused-ring (bicyclic) bond motifs is 6. The van der Waals surface area contributed by atoms with E-state index in [1.165, 1.54) is 47.1 Å². The van der Waals surface area contributed by atoms with Crippen LogP contribution in [0.15, 0.2) is 182 Å². The van der Waals surface area contributed by atoms with Crippen LogP contribution in [0.4, 0.5) is 0 Å². The molecule has 0 bridgehead atoms. The van der Waals surface area contributed by atoms with E-state index in [9.17, 15) is 0 Å². The molecule has 0 N–H and O–H groups in total. The van der Waals surface area contributed by atoms with E-state index in [4.69, 9.17) is 15.0 Å². The van der Waals surface area contributed by atoms with Crippen molar-refractivity contribution in [2.24, 2.45) is 0 Å². The van der Waals surface area contributed by atoms with Crippen molar-refractivity contribution < 1.29 is 0 Å². The molecular formula is C51H30N4S3. The maximum Gasteiger partial charge on any atom is 0.124 e. The summed E-state index contributed by atoms with van der Waals surface area (Å²) in [4.78, 5) is 15.2. The zero-order valence-corrected chi connectivity index (χ0v) is 33.3. The van der Waals surface area contributed by atoms with Gasteiger partial charge in [-0.3, -0.25) is 0 Å². The lowest BCUT2D eigenvalue weighted by atomic mass is 10.1. The zero-order valence-electron chi connectivity index (χ0n) is 30.8. The first-order valence-corrected chi connectivity index (χ1v) is 21.6. The summed E-state index contributed by atoms with van der Waals surface area (Å²) in [6, 6.07) is 65.1. The van der Waals surface area contributed by atoms with Crippen LogP contribution in [0.3, 0.4) is 0 Å². The Hall–Kier alpha value is -6.77. The molecule has 7 heteroatoms. The maximum atomic E-state index is 5.14. The number of rotatable bonds is 6. The van der Waals surface area contributed by atoms with Gasteiger partial charge in [0.05, 0.1) is 41.7 Å². The molecule has 8 aromatic carbocycles. The van der Waals surface area contributed by atoms with Crippen LogP contribution in [0.5, 0.6) is 0 Å². The molecule has 0 unspecified atom stereocenters. The highest BCUT2D eigenvalue weighted by Gasteiger charge is 2.18. The van der Waals surface area contributed by atoms with Gasteiger partial charge in [-0.05, 0) is 119 Å². The Morgan fingerprint density at radius 1 is 0.310 bits per heavy atom. The fourth-order valence-corrected chi connectivity index (χ4v) is 11.0. The Kier molecular flexibility index (Phi) is 7.72. The van der Waals surface area contributed by atoms with Gasteiger partial charge >= 0.3 is 0 Å². The molecule has 0 amide bonds. The number of hydrogen-bond donors (Lipinski definition) is 0. The molecule has 12 rings (SSSR count). The van der Waals surface area contributed by atoms with Gasteiger partial charge in [-0.2, -0.15) is 0 Å². The zero-order chi connectivity index (χ0) is 38.2. The van der Waals surface area contributed by atoms with Crippen LogP contribution in [0.25, 0.3) is 112 Å². The molecule has 0 aliphatic heterocycles. The van der Waals surface area contributed by atoms with Gasteiger partial charge in [-0.15, -0.1) is 34.0 Å². The van der Waals surface area contributed by atoms with Crippen LogP contribution in [0.1, 0.15) is 0 Å². The summed E-state index contributed by atoms with van der Waals surface area (Å²) in [7, 11) is 0. The molecule has 58 heavy (non-hydrogen) atoms. The Bertz CT molecular complexity index is 3300. The van der Waals surface area contributed by atoms with E-state index in [1.54, 1.807) is 34.0 Å². The number of aromatic nitrogens is 4. The molecule has 0 saturated heterocycles. The lowest BCUT2D eigenvalue weighted by molar-refractivity contribution is 1.18. The largest absolute Gasteiger partial charge is 0.309 e. The standard InChI is InChI=1S/C51H30N4S3/c1-3-9-31(10-4-1)34-17-23-42-47(29-34)57-50(53-42)36-19-25-44-39(27-36)40-28-37(51-54-43-24-18-35(30-48(43)58-51)32-11-5-2-6-12-32)20-26-45(40)55(44)38-21-15-33(16-22-38)49-52-41-13-7-8-14-46(41)56-49/h1-30H. The van der Waals surface area contributed by atoms with Crippen molar-refractivity contribution in [3.05, 3.63) is 182 Å². The molecule has 0 saturated carbocycles. The monoisotopic (exact) mass is 794 g/mol. The first-order valence-electron chi connectivity index (χ1n) is 19.2. The third kappa shape index (κ3) is 5.66. The van der Waals surface area contributed by atoms with Gasteiger partial charge in [0.25, 0.3) is 0 Å². The summed E-state index contributed by atoms with van der Waals surface area (Å²) in [5.74, 6) is 0. The summed E-state index contributed by atoms with van der Waals surface area (Å²) in [5.41, 5.74) is 14.6. The molecule has 4 nitrogen and oxygen atoms in total. The minimum absolute atomic E-state index is 1.01. The summed E-state index contributed by atoms with van der Waals surface area (Å²) in [6.07, 6.45) is 0. The van der Waals surface area contributed by atoms with E-state index in [1.807, 2.05) is 6.07 Å². The molecular weight excluding hydrogens is 765 g/mol. The van der Waals surface area contributed by atoms with E-state index in [0.29, 0.717) is 0 Å². The van der Waals surface area contributed by atoms with Gasteiger partial charge in [0.15, 0.2) is 0 Å². The van der Waals surface area contributed by atoms with Crippen LogP contribution in [-0.2, 0) is 0 Å². The van der Waals surface area contributed by atoms with Crippen molar-refractivity contribution >= 4 is 86.5 Å². The second-order valence-electron chi connectivity index (χ2n) is 14.5. The lowest BCUT2D eigenvalue weighted by Gasteiger charge is -2.09. The van der Waals surface area contributed by atoms with E-state index >= 15 is 0 Å². The third-order valence-corrected chi connectivity index (χ3v) is 14.1. The Balaban J connectivity index is 0.994. The number of para-hydroxylation sites is 1. The first-order chi connectivity index (χ1) is 28.7. The summed E-state index contributed by atoms with van der Waals surface area (Å²) in [6.45, 7) is 0. The summed E-state index contributed by atoms with van der Waals surface area (Å²) >= 11 is 5.23. The van der Waals surface area contributed by atoms with Crippen LogP contribution < -0.4 is 0 Å². The van der Waals surface area contributed by atoms with Crippen molar-refractivity contribution in [3.8, 4) is 59.7 Å². The number of benzene rings is 8. The fourth-order valence-electron chi connectivity index (χ4n) is 8.03. The average Bonchev–Trinajstić information content (AvgIpc) is 4.09. The van der Waals surface area contributed by atoms with Crippen molar-refractivity contribution in [3.63, 3.8) is 0 Å². The highest BCUT2D eigenvalue weighted by molar-refractivity contribution is 7.22. The maximum absolute atomic E-state index is 5.14. The molecule has 0 atom stereocenters. The SMILES string of the molecule is c1ccc(-c2ccc3nc(-c4ccc5c(c4)c4cc(-c6nc7ccc(-c8ccccc8)cc7s6)ccc4n5-c4ccc(-c5nc6ccccc6s5)cc4)sc3c2)cc1. The lowest BCUT2D eigenvalue weighted by Crippen LogP contribution is -1.94. The van der Waals surface area contributed by atoms with Crippen LogP contribution in [0.2, 0.25) is 0 Å². The van der Waals surface area contributed by atoms with E-state index in [0.717, 1.165) is 65.0 Å². The topological polar surface area (TPSA) is 43.6 Å². The fraction of sp³-hybridized carbons (Fsp3) is 0. The van der Waals surface area contributed by atoms with Gasteiger partial charge < -0.3 is 4.57 Å². The Morgan fingerprint density at radius 3 is 1.28 bits per heavy atom. The second kappa shape index (κ2) is 13.4. The molecule has 0 spiro atoms. The van der Waals surface area contributed by atoms with Crippen molar-refractivity contribution in [1.29, 1.82) is 0 Å². The van der Waals surface area contributed by atoms with Crippen molar-refractivity contribution in [1.82, 2.24) is 19.5 Å². The minimum Gasteiger partial charge on any atom is -0.309 e. The van der Waals surface area contributed by atoms with Gasteiger partial charge in [0.1, 0.15) is 15.0 Å². The molecule has 4 heterocycles. The molecule has 0 fully saturated rings. The van der Waals surface area contributed by atoms with Crippen molar-refractivity contribution in [2.45, 2.75) is 0 Å². The Morgan fingerprint density at radius 2 is 0.741 bits per heavy atom. The number of nitrogens with zero attached hydrogens (tertiary/aromatic N) is 4. The molecule has 4 aromatic heterocycles. The van der Waals surface area contributed by atoms with Gasteiger partial charge in [0.2, 0.25) is 0 Å². The molecule has 0 aliphatic rings. The first kappa shape index (κ1) is 33.4. The summed E-state index contributed by atoms with van der Waals surface area (Å²) < 4.78 is 5.95. The quantitative estimate of drug-likeness (QED) is 0.168. The smallest absolute Gasteiger partial charge is 0.124 e. The summed E-state index contributed by atoms with van der Waals surface area (Å²) in [5, 5.41) is 5.42. The van der Waals surface area contributed by atoms with E-state index in [2.05, 4.69) is 180 Å². The minimum atomic E-state index is 1.01. The normalized spacial score (nSPS) is 11.8. The highest BCUT2D eigenvalue weighted by atomic mass is 32.1. The van der Waals surface area contributed by atoms with Crippen LogP contribution in [0, 0.1) is 0 Å². The predicted octanol–water partition coefficient (Wildman–Crippen LogP) is 14.9. The van der Waals surface area contributed by atoms with Gasteiger partial charge in [-0.1, -0.05) is 84.9 Å².